The van der Waals surface area contributed by atoms with Gasteiger partial charge in [-0.2, -0.15) is 0 Å². The second-order valence-electron chi connectivity index (χ2n) is 8.38. The van der Waals surface area contributed by atoms with E-state index in [-0.39, 0.29) is 23.8 Å². The van der Waals surface area contributed by atoms with E-state index < -0.39 is 6.04 Å². The van der Waals surface area contributed by atoms with E-state index in [0.29, 0.717) is 18.0 Å². The molecule has 0 aliphatic rings. The second-order valence-corrected chi connectivity index (χ2v) is 8.79. The molecule has 1 unspecified atom stereocenters. The maximum absolute atomic E-state index is 13.3. The number of halogens is 1. The summed E-state index contributed by atoms with van der Waals surface area (Å²) in [5.74, 6) is -0.252. The molecule has 0 aliphatic heterocycles. The first-order valence-electron chi connectivity index (χ1n) is 10.0. The number of hydrogen-bond donors (Lipinski definition) is 1. The maximum atomic E-state index is 13.3. The largest absolute Gasteiger partial charge is 0.350 e. The van der Waals surface area contributed by atoms with Gasteiger partial charge in [-0.25, -0.2) is 0 Å². The number of hydrogen-bond acceptors (Lipinski definition) is 2. The molecule has 2 amide bonds. The normalized spacial score (nSPS) is 12.3. The van der Waals surface area contributed by atoms with Gasteiger partial charge < -0.3 is 10.2 Å². The predicted molar refractivity (Wildman–Crippen MR) is 119 cm³/mol. The number of benzene rings is 2. The van der Waals surface area contributed by atoms with Crippen molar-refractivity contribution < 1.29 is 9.59 Å². The van der Waals surface area contributed by atoms with Crippen LogP contribution in [0.25, 0.3) is 0 Å². The van der Waals surface area contributed by atoms with Gasteiger partial charge in [-0.3, -0.25) is 9.59 Å². The van der Waals surface area contributed by atoms with E-state index in [9.17, 15) is 9.59 Å². The monoisotopic (exact) mass is 414 g/mol. The summed E-state index contributed by atoms with van der Waals surface area (Å²) in [5.41, 5.74) is 2.51. The van der Waals surface area contributed by atoms with Gasteiger partial charge in [0.25, 0.3) is 0 Å². The molecule has 156 valence electrons. The van der Waals surface area contributed by atoms with Crippen molar-refractivity contribution in [2.24, 2.45) is 0 Å². The van der Waals surface area contributed by atoms with Gasteiger partial charge in [0.1, 0.15) is 6.04 Å². The first-order chi connectivity index (χ1) is 13.6. The lowest BCUT2D eigenvalue weighted by Gasteiger charge is -2.33. The van der Waals surface area contributed by atoms with Gasteiger partial charge in [0.05, 0.1) is 6.42 Å². The fourth-order valence-electron chi connectivity index (χ4n) is 3.25. The standard InChI is InChI=1S/C24H31ClN2O2/c1-6-21(23(29)26-24(3,4)5)27(16-19-13-8-7-11-17(19)2)22(28)15-18-12-9-10-14-20(18)25/h7-14,21H,6,15-16H2,1-5H3,(H,26,29). The summed E-state index contributed by atoms with van der Waals surface area (Å²) in [7, 11) is 0. The zero-order valence-electron chi connectivity index (χ0n) is 18.0. The lowest BCUT2D eigenvalue weighted by Crippen LogP contribution is -2.53. The third-order valence-electron chi connectivity index (χ3n) is 4.79. The Bertz CT molecular complexity index is 858. The molecule has 0 spiro atoms. The summed E-state index contributed by atoms with van der Waals surface area (Å²) in [6.07, 6.45) is 0.687. The van der Waals surface area contributed by atoms with Crippen LogP contribution in [0, 0.1) is 6.92 Å². The van der Waals surface area contributed by atoms with Crippen LogP contribution in [0.1, 0.15) is 50.8 Å². The fraction of sp³-hybridized carbons (Fsp3) is 0.417. The molecule has 0 saturated carbocycles. The van der Waals surface area contributed by atoms with Gasteiger partial charge in [-0.05, 0) is 56.9 Å². The molecule has 0 radical (unpaired) electrons. The van der Waals surface area contributed by atoms with Crippen LogP contribution in [-0.2, 0) is 22.6 Å². The Kier molecular flexibility index (Phi) is 7.86. The zero-order valence-corrected chi connectivity index (χ0v) is 18.7. The molecule has 2 aromatic carbocycles. The highest BCUT2D eigenvalue weighted by Crippen LogP contribution is 2.20. The molecule has 29 heavy (non-hydrogen) atoms. The molecule has 5 heteroatoms. The third kappa shape index (κ3) is 6.60. The van der Waals surface area contributed by atoms with Gasteiger partial charge >= 0.3 is 0 Å². The average Bonchev–Trinajstić information content (AvgIpc) is 2.63. The second kappa shape index (κ2) is 9.93. The van der Waals surface area contributed by atoms with E-state index in [0.717, 1.165) is 16.7 Å². The smallest absolute Gasteiger partial charge is 0.243 e. The molecule has 2 aromatic rings. The third-order valence-corrected chi connectivity index (χ3v) is 5.15. The van der Waals surface area contributed by atoms with Gasteiger partial charge in [-0.1, -0.05) is 61.0 Å². The SMILES string of the molecule is CCC(C(=O)NC(C)(C)C)N(Cc1ccccc1C)C(=O)Cc1ccccc1Cl. The number of aryl methyl sites for hydroxylation is 1. The number of carbonyl (C=O) groups excluding carboxylic acids is 2. The van der Waals surface area contributed by atoms with Gasteiger partial charge in [0.15, 0.2) is 0 Å². The molecule has 4 nitrogen and oxygen atoms in total. The van der Waals surface area contributed by atoms with Crippen LogP contribution in [-0.4, -0.2) is 28.3 Å². The quantitative estimate of drug-likeness (QED) is 0.699. The van der Waals surface area contributed by atoms with Crippen LogP contribution in [0.4, 0.5) is 0 Å². The molecule has 1 N–H and O–H groups in total. The molecule has 0 aliphatic carbocycles. The van der Waals surface area contributed by atoms with Crippen LogP contribution in [0.5, 0.6) is 0 Å². The number of amides is 2. The summed E-state index contributed by atoms with van der Waals surface area (Å²) in [6.45, 7) is 10.1. The Balaban J connectivity index is 2.35. The highest BCUT2D eigenvalue weighted by Gasteiger charge is 2.31. The molecule has 2 rings (SSSR count). The first kappa shape index (κ1) is 23.0. The highest BCUT2D eigenvalue weighted by atomic mass is 35.5. The lowest BCUT2D eigenvalue weighted by molar-refractivity contribution is -0.141. The summed E-state index contributed by atoms with van der Waals surface area (Å²) >= 11 is 6.27. The van der Waals surface area contributed by atoms with Gasteiger partial charge in [0, 0.05) is 17.1 Å². The molecule has 0 fully saturated rings. The topological polar surface area (TPSA) is 49.4 Å². The molecular weight excluding hydrogens is 384 g/mol. The molecule has 1 atom stereocenters. The van der Waals surface area contributed by atoms with E-state index in [1.54, 1.807) is 11.0 Å². The van der Waals surface area contributed by atoms with Crippen LogP contribution < -0.4 is 5.32 Å². The number of carbonyl (C=O) groups is 2. The summed E-state index contributed by atoms with van der Waals surface area (Å²) in [5, 5.41) is 3.58. The summed E-state index contributed by atoms with van der Waals surface area (Å²) in [4.78, 5) is 28.0. The van der Waals surface area contributed by atoms with Crippen molar-refractivity contribution in [2.45, 2.75) is 65.6 Å². The van der Waals surface area contributed by atoms with Crippen LogP contribution >= 0.6 is 11.6 Å². The number of nitrogens with zero attached hydrogens (tertiary/aromatic N) is 1. The summed E-state index contributed by atoms with van der Waals surface area (Å²) in [6, 6.07) is 14.7. The van der Waals surface area contributed by atoms with Crippen molar-refractivity contribution in [1.29, 1.82) is 0 Å². The van der Waals surface area contributed by atoms with Gasteiger partial charge in [0.2, 0.25) is 11.8 Å². The van der Waals surface area contributed by atoms with E-state index in [2.05, 4.69) is 5.32 Å². The van der Waals surface area contributed by atoms with Crippen molar-refractivity contribution in [2.75, 3.05) is 0 Å². The van der Waals surface area contributed by atoms with Crippen molar-refractivity contribution in [3.63, 3.8) is 0 Å². The van der Waals surface area contributed by atoms with Crippen molar-refractivity contribution in [3.8, 4) is 0 Å². The summed E-state index contributed by atoms with van der Waals surface area (Å²) < 4.78 is 0. The number of rotatable bonds is 7. The van der Waals surface area contributed by atoms with Crippen LogP contribution in [0.15, 0.2) is 48.5 Å². The average molecular weight is 415 g/mol. The van der Waals surface area contributed by atoms with E-state index >= 15 is 0 Å². The van der Waals surface area contributed by atoms with E-state index in [4.69, 9.17) is 11.6 Å². The van der Waals surface area contributed by atoms with Crippen LogP contribution in [0.2, 0.25) is 5.02 Å². The Morgan fingerprint density at radius 1 is 1.03 bits per heavy atom. The van der Waals surface area contributed by atoms with E-state index in [1.165, 1.54) is 0 Å². The maximum Gasteiger partial charge on any atom is 0.243 e. The first-order valence-corrected chi connectivity index (χ1v) is 10.4. The van der Waals surface area contributed by atoms with E-state index in [1.807, 2.05) is 77.1 Å². The Labute approximate surface area is 179 Å². The fourth-order valence-corrected chi connectivity index (χ4v) is 3.45. The zero-order chi connectivity index (χ0) is 21.6. The van der Waals surface area contributed by atoms with Crippen LogP contribution in [0.3, 0.4) is 0 Å². The Morgan fingerprint density at radius 3 is 2.17 bits per heavy atom. The lowest BCUT2D eigenvalue weighted by atomic mass is 10.0. The molecule has 0 heterocycles. The predicted octanol–water partition coefficient (Wildman–Crippen LogP) is 4.91. The Morgan fingerprint density at radius 2 is 1.62 bits per heavy atom. The Hall–Kier alpha value is -2.33. The van der Waals surface area contributed by atoms with Crippen molar-refractivity contribution in [3.05, 3.63) is 70.2 Å². The minimum Gasteiger partial charge on any atom is -0.350 e. The van der Waals surface area contributed by atoms with Crippen molar-refractivity contribution >= 4 is 23.4 Å². The number of nitrogens with one attached hydrogen (secondary N) is 1. The minimum absolute atomic E-state index is 0.114. The molecule has 0 bridgehead atoms. The van der Waals surface area contributed by atoms with Crippen molar-refractivity contribution in [1.82, 2.24) is 10.2 Å². The minimum atomic E-state index is -0.552. The highest BCUT2D eigenvalue weighted by molar-refractivity contribution is 6.31. The van der Waals surface area contributed by atoms with Gasteiger partial charge in [-0.15, -0.1) is 0 Å². The molecule has 0 aromatic heterocycles. The molecule has 0 saturated heterocycles. The molecular formula is C24H31ClN2O2.